The number of urea groups is 1. The van der Waals surface area contributed by atoms with Gasteiger partial charge in [-0.1, -0.05) is 0 Å². The van der Waals surface area contributed by atoms with Crippen LogP contribution in [0.4, 0.5) is 4.79 Å². The zero-order chi connectivity index (χ0) is 18.4. The van der Waals surface area contributed by atoms with Gasteiger partial charge in [0.25, 0.3) is 5.91 Å². The van der Waals surface area contributed by atoms with E-state index in [1.807, 2.05) is 4.57 Å². The number of methoxy groups -OCH3 is 1. The molecule has 2 fully saturated rings. The molecule has 9 heteroatoms. The Morgan fingerprint density at radius 3 is 2.48 bits per heavy atom. The fourth-order valence-corrected chi connectivity index (χ4v) is 3.51. The number of carbonyl (C=O) groups excluding carboxylic acids is 2. The van der Waals surface area contributed by atoms with Gasteiger partial charge >= 0.3 is 6.03 Å². The fourth-order valence-electron chi connectivity index (χ4n) is 3.51. The van der Waals surface area contributed by atoms with Crippen LogP contribution in [0, 0.1) is 0 Å². The summed E-state index contributed by atoms with van der Waals surface area (Å²) in [5.74, 6) is 1.63. The van der Waals surface area contributed by atoms with E-state index >= 15 is 0 Å². The van der Waals surface area contributed by atoms with Crippen LogP contribution in [0.25, 0.3) is 0 Å². The topological polar surface area (TPSA) is 107 Å². The summed E-state index contributed by atoms with van der Waals surface area (Å²) < 4.78 is 7.21. The second-order valence-electron chi connectivity index (χ2n) is 7.34. The van der Waals surface area contributed by atoms with Crippen molar-refractivity contribution in [3.63, 3.8) is 0 Å². The number of hydrogen-bond donors (Lipinski definition) is 1. The quantitative estimate of drug-likeness (QED) is 0.740. The molecule has 2 N–H and O–H groups in total. The zero-order valence-electron chi connectivity index (χ0n) is 15.2. The van der Waals surface area contributed by atoms with Crippen LogP contribution in [0.5, 0.6) is 0 Å². The Morgan fingerprint density at radius 2 is 1.96 bits per heavy atom. The van der Waals surface area contributed by atoms with Gasteiger partial charge in [0.05, 0.1) is 13.2 Å². The molecule has 0 bridgehead atoms. The Bertz CT molecular complexity index is 679. The minimum atomic E-state index is -0.900. The summed E-state index contributed by atoms with van der Waals surface area (Å²) in [5.41, 5.74) is 5.00. The van der Waals surface area contributed by atoms with Crippen LogP contribution < -0.4 is 5.73 Å². The van der Waals surface area contributed by atoms with Crippen LogP contribution in [0.2, 0.25) is 0 Å². The number of nitrogens with zero attached hydrogens (tertiary/aromatic N) is 5. The second-order valence-corrected chi connectivity index (χ2v) is 7.34. The van der Waals surface area contributed by atoms with E-state index in [1.165, 1.54) is 7.05 Å². The summed E-state index contributed by atoms with van der Waals surface area (Å²) in [7, 11) is 3.15. The minimum absolute atomic E-state index is 0.214. The van der Waals surface area contributed by atoms with E-state index in [0.29, 0.717) is 24.9 Å². The molecule has 1 aliphatic heterocycles. The van der Waals surface area contributed by atoms with Crippen LogP contribution in [-0.4, -0.2) is 68.8 Å². The average Bonchev–Trinajstić information content (AvgIpc) is 2.99. The number of hydrogen-bond acceptors (Lipinski definition) is 6. The van der Waals surface area contributed by atoms with E-state index in [-0.39, 0.29) is 24.5 Å². The van der Waals surface area contributed by atoms with Crippen molar-refractivity contribution in [3.05, 3.63) is 11.6 Å². The molecule has 3 rings (SSSR count). The van der Waals surface area contributed by atoms with Crippen molar-refractivity contribution < 1.29 is 14.3 Å². The molecular formula is C16H26N6O3. The van der Waals surface area contributed by atoms with Crippen LogP contribution >= 0.6 is 0 Å². The van der Waals surface area contributed by atoms with Crippen molar-refractivity contribution in [2.24, 2.45) is 5.73 Å². The molecule has 0 unspecified atom stereocenters. The molecule has 25 heavy (non-hydrogen) atoms. The third kappa shape index (κ3) is 2.91. The summed E-state index contributed by atoms with van der Waals surface area (Å²) in [6.45, 7) is 4.85. The Morgan fingerprint density at radius 1 is 1.28 bits per heavy atom. The van der Waals surface area contributed by atoms with E-state index in [9.17, 15) is 9.59 Å². The number of amides is 3. The van der Waals surface area contributed by atoms with Crippen molar-refractivity contribution in [2.75, 3.05) is 20.8 Å². The van der Waals surface area contributed by atoms with Gasteiger partial charge < -0.3 is 19.9 Å². The molecule has 1 aromatic heterocycles. The highest BCUT2D eigenvalue weighted by molar-refractivity contribution is 6.06. The molecule has 2 heterocycles. The number of imide groups is 1. The molecule has 3 amide bonds. The minimum Gasteiger partial charge on any atom is -0.383 e. The van der Waals surface area contributed by atoms with Gasteiger partial charge in [-0.2, -0.15) is 0 Å². The molecule has 0 spiro atoms. The number of aromatic nitrogens is 3. The van der Waals surface area contributed by atoms with Crippen molar-refractivity contribution in [1.82, 2.24) is 24.6 Å². The highest BCUT2D eigenvalue weighted by Crippen LogP contribution is 2.35. The molecule has 0 aromatic carbocycles. The van der Waals surface area contributed by atoms with Crippen LogP contribution in [0.3, 0.4) is 0 Å². The Kier molecular flexibility index (Phi) is 4.54. The van der Waals surface area contributed by atoms with Gasteiger partial charge in [-0.25, -0.2) is 4.79 Å². The fraction of sp³-hybridized carbons (Fsp3) is 0.750. The van der Waals surface area contributed by atoms with E-state index in [4.69, 9.17) is 10.5 Å². The third-order valence-corrected chi connectivity index (χ3v) is 5.23. The lowest BCUT2D eigenvalue weighted by Crippen LogP contribution is -2.44. The molecule has 1 saturated carbocycles. The van der Waals surface area contributed by atoms with Crippen molar-refractivity contribution >= 4 is 11.9 Å². The Hall–Kier alpha value is -2.00. The lowest BCUT2D eigenvalue weighted by molar-refractivity contribution is -0.131. The lowest BCUT2D eigenvalue weighted by atomic mass is 9.80. The Balaban J connectivity index is 1.87. The lowest BCUT2D eigenvalue weighted by Gasteiger charge is -2.32. The molecule has 1 aliphatic carbocycles. The first-order chi connectivity index (χ1) is 11.8. The normalized spacial score (nSPS) is 25.6. The molecule has 0 atom stereocenters. The maximum atomic E-state index is 12.4. The van der Waals surface area contributed by atoms with Crippen LogP contribution in [0.1, 0.15) is 44.3 Å². The average molecular weight is 350 g/mol. The largest absolute Gasteiger partial charge is 0.383 e. The van der Waals surface area contributed by atoms with Gasteiger partial charge in [0.15, 0.2) is 5.82 Å². The number of ether oxygens (including phenoxy) is 1. The summed E-state index contributed by atoms with van der Waals surface area (Å²) in [6.07, 6.45) is 1.78. The van der Waals surface area contributed by atoms with Crippen LogP contribution in [0.15, 0.2) is 0 Å². The van der Waals surface area contributed by atoms with Crippen molar-refractivity contribution in [2.45, 2.75) is 57.3 Å². The van der Waals surface area contributed by atoms with E-state index < -0.39 is 5.54 Å². The van der Waals surface area contributed by atoms with Crippen molar-refractivity contribution in [3.8, 4) is 0 Å². The van der Waals surface area contributed by atoms with E-state index in [2.05, 4.69) is 10.2 Å². The molecule has 1 saturated heterocycles. The molecule has 138 valence electrons. The predicted octanol–water partition coefficient (Wildman–Crippen LogP) is 0.302. The molecule has 9 nitrogen and oxygen atoms in total. The second kappa shape index (κ2) is 6.38. The maximum Gasteiger partial charge on any atom is 0.327 e. The first kappa shape index (κ1) is 17.8. The van der Waals surface area contributed by atoms with E-state index in [0.717, 1.165) is 23.6 Å². The van der Waals surface area contributed by atoms with Gasteiger partial charge in [-0.15, -0.1) is 10.2 Å². The first-order valence-corrected chi connectivity index (χ1v) is 8.53. The monoisotopic (exact) mass is 350 g/mol. The van der Waals surface area contributed by atoms with Gasteiger partial charge in [0, 0.05) is 32.7 Å². The molecular weight excluding hydrogens is 324 g/mol. The standard InChI is InChI=1S/C16H26N6O3/c1-16(2)14(23)20(3)15(24)22(16)9-12-18-19-13(10-7-11(17)8-10)21(12)5-6-25-4/h10-11H,5-9,17H2,1-4H3. The number of rotatable bonds is 6. The maximum absolute atomic E-state index is 12.4. The molecule has 2 aliphatic rings. The summed E-state index contributed by atoms with van der Waals surface area (Å²) in [5, 5.41) is 8.65. The highest BCUT2D eigenvalue weighted by atomic mass is 16.5. The van der Waals surface area contributed by atoms with Gasteiger partial charge in [0.2, 0.25) is 0 Å². The number of likely N-dealkylation sites (N-methyl/N-ethyl adjacent to an activating group) is 1. The summed E-state index contributed by atoms with van der Waals surface area (Å²) >= 11 is 0. The van der Waals surface area contributed by atoms with Gasteiger partial charge in [0.1, 0.15) is 11.4 Å². The summed E-state index contributed by atoms with van der Waals surface area (Å²) in [6, 6.07) is -0.102. The SMILES string of the molecule is COCCn1c(CN2C(=O)N(C)C(=O)C2(C)C)nnc1C1CC(N)C1. The molecule has 1 aromatic rings. The first-order valence-electron chi connectivity index (χ1n) is 8.53. The van der Waals surface area contributed by atoms with Gasteiger partial charge in [-0.3, -0.25) is 9.69 Å². The smallest absolute Gasteiger partial charge is 0.327 e. The zero-order valence-corrected chi connectivity index (χ0v) is 15.2. The Labute approximate surface area is 147 Å². The molecule has 0 radical (unpaired) electrons. The summed E-state index contributed by atoms with van der Waals surface area (Å²) in [4.78, 5) is 27.4. The highest BCUT2D eigenvalue weighted by Gasteiger charge is 2.50. The van der Waals surface area contributed by atoms with Gasteiger partial charge in [-0.05, 0) is 26.7 Å². The van der Waals surface area contributed by atoms with Crippen molar-refractivity contribution in [1.29, 1.82) is 0 Å². The van der Waals surface area contributed by atoms with Crippen LogP contribution in [-0.2, 0) is 22.6 Å². The third-order valence-electron chi connectivity index (χ3n) is 5.23. The predicted molar refractivity (Wildman–Crippen MR) is 89.6 cm³/mol. The number of carbonyl (C=O) groups is 2. The van der Waals surface area contributed by atoms with E-state index in [1.54, 1.807) is 25.9 Å². The number of nitrogens with two attached hydrogens (primary N) is 1.